The van der Waals surface area contributed by atoms with Crippen LogP contribution >= 0.6 is 0 Å². The SMILES string of the molecule is C=C1CCCC(C)(C)C1CC1OC2(C)CCC3C(C)(C)CCCC3(C)C2CCC=C1C. The molecule has 0 aromatic rings. The highest BCUT2D eigenvalue weighted by molar-refractivity contribution is 5.17. The van der Waals surface area contributed by atoms with Crippen LogP contribution in [0.3, 0.4) is 0 Å². The zero-order valence-electron chi connectivity index (χ0n) is 21.8. The maximum Gasteiger partial charge on any atom is 0.0795 e. The van der Waals surface area contributed by atoms with Gasteiger partial charge in [-0.25, -0.2) is 0 Å². The molecule has 1 heteroatoms. The number of hydrogen-bond donors (Lipinski definition) is 0. The molecule has 6 unspecified atom stereocenters. The van der Waals surface area contributed by atoms with E-state index in [1.54, 1.807) is 0 Å². The Morgan fingerprint density at radius 2 is 1.61 bits per heavy atom. The highest BCUT2D eigenvalue weighted by Gasteiger charge is 2.59. The summed E-state index contributed by atoms with van der Waals surface area (Å²) in [6.45, 7) is 22.0. The van der Waals surface area contributed by atoms with Crippen molar-refractivity contribution in [3.8, 4) is 0 Å². The first-order valence-corrected chi connectivity index (χ1v) is 13.4. The molecule has 31 heavy (non-hydrogen) atoms. The Kier molecular flexibility index (Phi) is 6.11. The molecule has 0 aromatic carbocycles. The predicted octanol–water partition coefficient (Wildman–Crippen LogP) is 8.89. The van der Waals surface area contributed by atoms with Gasteiger partial charge in [0.1, 0.15) is 0 Å². The lowest BCUT2D eigenvalue weighted by Gasteiger charge is -2.63. The van der Waals surface area contributed by atoms with E-state index in [1.165, 1.54) is 75.4 Å². The Morgan fingerprint density at radius 3 is 2.32 bits per heavy atom. The van der Waals surface area contributed by atoms with Gasteiger partial charge in [0, 0.05) is 0 Å². The Morgan fingerprint density at radius 1 is 0.903 bits per heavy atom. The number of rotatable bonds is 2. The Balaban J connectivity index is 1.63. The second-order valence-electron chi connectivity index (χ2n) is 13.7. The van der Waals surface area contributed by atoms with Gasteiger partial charge >= 0.3 is 0 Å². The molecule has 3 aliphatic carbocycles. The minimum Gasteiger partial charge on any atom is -0.367 e. The Labute approximate surface area is 193 Å². The van der Waals surface area contributed by atoms with Gasteiger partial charge in [-0.15, -0.1) is 0 Å². The standard InChI is InChI=1S/C30H50O/c1-21-13-10-16-27(3,4)23(21)20-24-22(2)12-9-14-26-29(7)18-11-17-28(5,6)25(29)15-19-30(26,8)31-24/h12,23-26H,1,9-11,13-20H2,2-8H3. The first-order valence-electron chi connectivity index (χ1n) is 13.4. The van der Waals surface area contributed by atoms with E-state index in [4.69, 9.17) is 4.74 Å². The maximum absolute atomic E-state index is 7.31. The monoisotopic (exact) mass is 426 g/mol. The molecule has 0 amide bonds. The highest BCUT2D eigenvalue weighted by Crippen LogP contribution is 2.64. The fourth-order valence-electron chi connectivity index (χ4n) is 9.02. The Bertz CT molecular complexity index is 727. The summed E-state index contributed by atoms with van der Waals surface area (Å²) in [5, 5.41) is 0. The van der Waals surface area contributed by atoms with Gasteiger partial charge in [0.15, 0.2) is 0 Å². The lowest BCUT2D eigenvalue weighted by Crippen LogP contribution is -2.59. The van der Waals surface area contributed by atoms with Crippen molar-refractivity contribution < 1.29 is 4.74 Å². The van der Waals surface area contributed by atoms with E-state index < -0.39 is 0 Å². The number of allylic oxidation sites excluding steroid dienone is 2. The van der Waals surface area contributed by atoms with E-state index in [1.807, 2.05) is 0 Å². The van der Waals surface area contributed by atoms with Gasteiger partial charge in [-0.05, 0) is 118 Å². The molecular weight excluding hydrogens is 376 g/mol. The van der Waals surface area contributed by atoms with Gasteiger partial charge in [0.2, 0.25) is 0 Å². The van der Waals surface area contributed by atoms with Crippen LogP contribution in [-0.2, 0) is 4.74 Å². The van der Waals surface area contributed by atoms with Crippen LogP contribution in [-0.4, -0.2) is 11.7 Å². The largest absolute Gasteiger partial charge is 0.367 e. The van der Waals surface area contributed by atoms with Gasteiger partial charge < -0.3 is 4.74 Å². The van der Waals surface area contributed by atoms with Crippen LogP contribution in [0.5, 0.6) is 0 Å². The number of hydrogen-bond acceptors (Lipinski definition) is 1. The molecule has 1 heterocycles. The van der Waals surface area contributed by atoms with Crippen LogP contribution < -0.4 is 0 Å². The highest BCUT2D eigenvalue weighted by atomic mass is 16.5. The predicted molar refractivity (Wildman–Crippen MR) is 133 cm³/mol. The van der Waals surface area contributed by atoms with Gasteiger partial charge in [-0.2, -0.15) is 0 Å². The molecule has 1 nitrogen and oxygen atoms in total. The van der Waals surface area contributed by atoms with Gasteiger partial charge in [-0.1, -0.05) is 59.3 Å². The molecule has 0 aromatic heterocycles. The topological polar surface area (TPSA) is 9.23 Å². The van der Waals surface area contributed by atoms with E-state index in [0.29, 0.717) is 28.1 Å². The van der Waals surface area contributed by atoms with Crippen molar-refractivity contribution in [2.24, 2.45) is 34.0 Å². The molecule has 176 valence electrons. The summed E-state index contributed by atoms with van der Waals surface area (Å²) < 4.78 is 7.31. The van der Waals surface area contributed by atoms with E-state index in [0.717, 1.165) is 12.3 Å². The third-order valence-electron chi connectivity index (χ3n) is 10.8. The first kappa shape index (κ1) is 23.6. The van der Waals surface area contributed by atoms with Gasteiger partial charge in [0.25, 0.3) is 0 Å². The summed E-state index contributed by atoms with van der Waals surface area (Å²) in [6, 6.07) is 0. The molecule has 4 aliphatic rings. The molecule has 0 bridgehead atoms. The van der Waals surface area contributed by atoms with Gasteiger partial charge in [0.05, 0.1) is 11.7 Å². The summed E-state index contributed by atoms with van der Waals surface area (Å²) in [6.07, 6.45) is 17.0. The number of fused-ring (bicyclic) bond motifs is 3. The normalized spacial score (nSPS) is 45.0. The van der Waals surface area contributed by atoms with Crippen molar-refractivity contribution in [1.29, 1.82) is 0 Å². The van der Waals surface area contributed by atoms with E-state index >= 15 is 0 Å². The molecule has 0 spiro atoms. The number of ether oxygens (including phenoxy) is 1. The molecule has 3 fully saturated rings. The van der Waals surface area contributed by atoms with E-state index in [-0.39, 0.29) is 11.7 Å². The van der Waals surface area contributed by atoms with Crippen molar-refractivity contribution in [2.45, 2.75) is 131 Å². The van der Waals surface area contributed by atoms with Crippen LogP contribution in [0.4, 0.5) is 0 Å². The summed E-state index contributed by atoms with van der Waals surface area (Å²) in [5.41, 5.74) is 4.21. The van der Waals surface area contributed by atoms with Crippen molar-refractivity contribution in [1.82, 2.24) is 0 Å². The van der Waals surface area contributed by atoms with Crippen molar-refractivity contribution in [3.05, 3.63) is 23.8 Å². The second-order valence-corrected chi connectivity index (χ2v) is 13.7. The summed E-state index contributed by atoms with van der Waals surface area (Å²) >= 11 is 0. The van der Waals surface area contributed by atoms with Crippen molar-refractivity contribution in [3.63, 3.8) is 0 Å². The fourth-order valence-corrected chi connectivity index (χ4v) is 9.02. The molecule has 0 saturated heterocycles. The van der Waals surface area contributed by atoms with Crippen LogP contribution in [0, 0.1) is 34.0 Å². The quantitative estimate of drug-likeness (QED) is 0.400. The van der Waals surface area contributed by atoms with Crippen molar-refractivity contribution >= 4 is 0 Å². The summed E-state index contributed by atoms with van der Waals surface area (Å²) in [7, 11) is 0. The van der Waals surface area contributed by atoms with Crippen LogP contribution in [0.25, 0.3) is 0 Å². The second kappa shape index (κ2) is 8.03. The average molecular weight is 427 g/mol. The minimum atomic E-state index is 0.0129. The average Bonchev–Trinajstić information content (AvgIpc) is 2.64. The van der Waals surface area contributed by atoms with Crippen LogP contribution in [0.1, 0.15) is 119 Å². The molecule has 6 atom stereocenters. The molecule has 0 N–H and O–H groups in total. The third kappa shape index (κ3) is 4.11. The smallest absolute Gasteiger partial charge is 0.0795 e. The molecular formula is C30H50O. The lowest BCUT2D eigenvalue weighted by atomic mass is 9.45. The molecule has 3 saturated carbocycles. The Hall–Kier alpha value is -0.560. The van der Waals surface area contributed by atoms with E-state index in [9.17, 15) is 0 Å². The van der Waals surface area contributed by atoms with Crippen LogP contribution in [0.15, 0.2) is 23.8 Å². The molecule has 0 radical (unpaired) electrons. The lowest BCUT2D eigenvalue weighted by molar-refractivity contribution is -0.209. The molecule has 1 aliphatic heterocycles. The van der Waals surface area contributed by atoms with Gasteiger partial charge in [-0.3, -0.25) is 0 Å². The maximum atomic E-state index is 7.31. The van der Waals surface area contributed by atoms with Crippen LogP contribution in [0.2, 0.25) is 0 Å². The van der Waals surface area contributed by atoms with Crippen molar-refractivity contribution in [2.75, 3.05) is 0 Å². The molecule has 4 rings (SSSR count). The third-order valence-corrected chi connectivity index (χ3v) is 10.8. The fraction of sp³-hybridized carbons (Fsp3) is 0.867. The zero-order valence-corrected chi connectivity index (χ0v) is 21.8. The zero-order chi connectivity index (χ0) is 22.7. The summed E-state index contributed by atoms with van der Waals surface area (Å²) in [5.74, 6) is 2.10. The summed E-state index contributed by atoms with van der Waals surface area (Å²) in [4.78, 5) is 0. The first-order chi connectivity index (χ1) is 14.4. The van der Waals surface area contributed by atoms with E-state index in [2.05, 4.69) is 61.1 Å². The minimum absolute atomic E-state index is 0.0129.